The summed E-state index contributed by atoms with van der Waals surface area (Å²) in [7, 11) is 0. The molecule has 0 saturated heterocycles. The zero-order valence-corrected chi connectivity index (χ0v) is 9.92. The van der Waals surface area contributed by atoms with Gasteiger partial charge in [0.05, 0.1) is 19.3 Å². The number of H-pyrrole nitrogens is 1. The molecule has 1 aliphatic rings. The zero-order chi connectivity index (χ0) is 11.7. The summed E-state index contributed by atoms with van der Waals surface area (Å²) in [5, 5.41) is 10.0. The molecule has 1 aliphatic heterocycles. The maximum atomic E-state index is 10.0. The average molecular weight is 224 g/mol. The van der Waals surface area contributed by atoms with Crippen molar-refractivity contribution in [2.24, 2.45) is 5.73 Å². The van der Waals surface area contributed by atoms with Crippen LogP contribution in [0.1, 0.15) is 48.4 Å². The standard InChI is InChI=1S/C12H20N2O2/c1-7(2)12-11(10(15)5-13)8-6-16-4-3-9(8)14-12/h7,10,14-15H,3-6,13H2,1-2H3. The number of nitrogens with two attached hydrogens (primary N) is 1. The van der Waals surface area contributed by atoms with Gasteiger partial charge in [0.25, 0.3) is 0 Å². The van der Waals surface area contributed by atoms with Crippen LogP contribution in [0.25, 0.3) is 0 Å². The SMILES string of the molecule is CC(C)c1[nH]c2c(c1C(O)CN)COCC2. The molecule has 90 valence electrons. The smallest absolute Gasteiger partial charge is 0.0933 e. The van der Waals surface area contributed by atoms with Gasteiger partial charge < -0.3 is 20.6 Å². The van der Waals surface area contributed by atoms with E-state index in [4.69, 9.17) is 10.5 Å². The van der Waals surface area contributed by atoms with Crippen molar-refractivity contribution in [2.75, 3.05) is 13.2 Å². The molecule has 4 N–H and O–H groups in total. The summed E-state index contributed by atoms with van der Waals surface area (Å²) in [6.07, 6.45) is 0.311. The van der Waals surface area contributed by atoms with E-state index in [9.17, 15) is 5.11 Å². The van der Waals surface area contributed by atoms with Crippen LogP contribution < -0.4 is 5.73 Å². The minimum Gasteiger partial charge on any atom is -0.387 e. The van der Waals surface area contributed by atoms with Gasteiger partial charge in [0.1, 0.15) is 0 Å². The molecule has 0 spiro atoms. The molecule has 0 aromatic carbocycles. The predicted molar refractivity (Wildman–Crippen MR) is 62.3 cm³/mol. The molecule has 0 radical (unpaired) electrons. The van der Waals surface area contributed by atoms with Crippen LogP contribution in [0.3, 0.4) is 0 Å². The lowest BCUT2D eigenvalue weighted by Crippen LogP contribution is -2.16. The van der Waals surface area contributed by atoms with Gasteiger partial charge in [0.2, 0.25) is 0 Å². The van der Waals surface area contributed by atoms with Crippen LogP contribution in [0.5, 0.6) is 0 Å². The van der Waals surface area contributed by atoms with Crippen LogP contribution in [0.15, 0.2) is 0 Å². The van der Waals surface area contributed by atoms with Gasteiger partial charge in [-0.1, -0.05) is 13.8 Å². The Bertz CT molecular complexity index is 371. The summed E-state index contributed by atoms with van der Waals surface area (Å²) in [5.41, 5.74) is 9.96. The third kappa shape index (κ3) is 1.88. The molecule has 1 aromatic rings. The first-order valence-electron chi connectivity index (χ1n) is 5.84. The summed E-state index contributed by atoms with van der Waals surface area (Å²) >= 11 is 0. The van der Waals surface area contributed by atoms with Crippen molar-refractivity contribution >= 4 is 0 Å². The maximum absolute atomic E-state index is 10.0. The van der Waals surface area contributed by atoms with Gasteiger partial charge >= 0.3 is 0 Å². The molecule has 0 fully saturated rings. The summed E-state index contributed by atoms with van der Waals surface area (Å²) in [6.45, 7) is 5.83. The molecule has 0 bridgehead atoms. The van der Waals surface area contributed by atoms with Crippen LogP contribution >= 0.6 is 0 Å². The summed E-state index contributed by atoms with van der Waals surface area (Å²) in [4.78, 5) is 3.42. The second-order valence-electron chi connectivity index (χ2n) is 4.62. The van der Waals surface area contributed by atoms with Crippen molar-refractivity contribution in [3.8, 4) is 0 Å². The van der Waals surface area contributed by atoms with E-state index in [2.05, 4.69) is 18.8 Å². The minimum atomic E-state index is -0.584. The Morgan fingerprint density at radius 2 is 2.25 bits per heavy atom. The molecule has 1 atom stereocenters. The lowest BCUT2D eigenvalue weighted by atomic mass is 9.97. The van der Waals surface area contributed by atoms with E-state index in [-0.39, 0.29) is 6.54 Å². The number of aliphatic hydroxyl groups is 1. The van der Waals surface area contributed by atoms with Crippen LogP contribution in [0, 0.1) is 0 Å². The van der Waals surface area contributed by atoms with Gasteiger partial charge in [-0.3, -0.25) is 0 Å². The van der Waals surface area contributed by atoms with E-state index in [1.165, 1.54) is 5.69 Å². The summed E-state index contributed by atoms with van der Waals surface area (Å²) in [6, 6.07) is 0. The van der Waals surface area contributed by atoms with Crippen molar-refractivity contribution in [3.63, 3.8) is 0 Å². The number of nitrogens with one attached hydrogen (secondary N) is 1. The van der Waals surface area contributed by atoms with Crippen LogP contribution in [0.4, 0.5) is 0 Å². The Hall–Kier alpha value is -0.840. The second kappa shape index (κ2) is 4.57. The lowest BCUT2D eigenvalue weighted by Gasteiger charge is -2.17. The number of ether oxygens (including phenoxy) is 1. The normalized spacial score (nSPS) is 17.6. The van der Waals surface area contributed by atoms with Crippen molar-refractivity contribution in [1.82, 2.24) is 4.98 Å². The highest BCUT2D eigenvalue weighted by Crippen LogP contribution is 2.32. The molecule has 2 heterocycles. The number of aromatic amines is 1. The van der Waals surface area contributed by atoms with E-state index in [0.717, 1.165) is 29.8 Å². The zero-order valence-electron chi connectivity index (χ0n) is 9.92. The van der Waals surface area contributed by atoms with Gasteiger partial charge in [0.15, 0.2) is 0 Å². The Morgan fingerprint density at radius 3 is 2.88 bits per heavy atom. The highest BCUT2D eigenvalue weighted by Gasteiger charge is 2.25. The van der Waals surface area contributed by atoms with Crippen molar-refractivity contribution in [1.29, 1.82) is 0 Å². The van der Waals surface area contributed by atoms with Gasteiger partial charge in [-0.2, -0.15) is 0 Å². The van der Waals surface area contributed by atoms with Gasteiger partial charge in [0, 0.05) is 35.5 Å². The molecule has 2 rings (SSSR count). The van der Waals surface area contributed by atoms with Crippen LogP contribution in [0.2, 0.25) is 0 Å². The van der Waals surface area contributed by atoms with Crippen molar-refractivity contribution in [3.05, 3.63) is 22.5 Å². The molecule has 0 saturated carbocycles. The maximum Gasteiger partial charge on any atom is 0.0933 e. The first-order valence-corrected chi connectivity index (χ1v) is 5.84. The second-order valence-corrected chi connectivity index (χ2v) is 4.62. The molecule has 4 heteroatoms. The number of aliphatic hydroxyl groups excluding tert-OH is 1. The number of aromatic nitrogens is 1. The first kappa shape index (κ1) is 11.6. The molecular formula is C12H20N2O2. The first-order chi connectivity index (χ1) is 7.65. The monoisotopic (exact) mass is 224 g/mol. The van der Waals surface area contributed by atoms with Gasteiger partial charge in [-0.25, -0.2) is 0 Å². The third-order valence-electron chi connectivity index (χ3n) is 3.14. The van der Waals surface area contributed by atoms with E-state index in [0.29, 0.717) is 12.5 Å². The number of rotatable bonds is 3. The molecule has 1 unspecified atom stereocenters. The minimum absolute atomic E-state index is 0.254. The van der Waals surface area contributed by atoms with E-state index in [1.807, 2.05) is 0 Å². The number of hydrogen-bond donors (Lipinski definition) is 3. The van der Waals surface area contributed by atoms with E-state index in [1.54, 1.807) is 0 Å². The molecule has 4 nitrogen and oxygen atoms in total. The van der Waals surface area contributed by atoms with Gasteiger partial charge in [-0.05, 0) is 5.92 Å². The summed E-state index contributed by atoms with van der Waals surface area (Å²) < 4.78 is 5.45. The largest absolute Gasteiger partial charge is 0.387 e. The topological polar surface area (TPSA) is 71.3 Å². The molecule has 0 aliphatic carbocycles. The Balaban J connectivity index is 2.48. The van der Waals surface area contributed by atoms with Crippen LogP contribution in [-0.4, -0.2) is 23.2 Å². The fourth-order valence-corrected chi connectivity index (χ4v) is 2.31. The highest BCUT2D eigenvalue weighted by atomic mass is 16.5. The lowest BCUT2D eigenvalue weighted by molar-refractivity contribution is 0.106. The fourth-order valence-electron chi connectivity index (χ4n) is 2.31. The van der Waals surface area contributed by atoms with Gasteiger partial charge in [-0.15, -0.1) is 0 Å². The third-order valence-corrected chi connectivity index (χ3v) is 3.14. The molecule has 16 heavy (non-hydrogen) atoms. The van der Waals surface area contributed by atoms with Crippen molar-refractivity contribution < 1.29 is 9.84 Å². The quantitative estimate of drug-likeness (QED) is 0.722. The van der Waals surface area contributed by atoms with E-state index >= 15 is 0 Å². The van der Waals surface area contributed by atoms with E-state index < -0.39 is 6.10 Å². The Kier molecular flexibility index (Phi) is 3.33. The molecule has 0 amide bonds. The number of fused-ring (bicyclic) bond motifs is 1. The Labute approximate surface area is 95.8 Å². The fraction of sp³-hybridized carbons (Fsp3) is 0.667. The molecule has 1 aromatic heterocycles. The Morgan fingerprint density at radius 1 is 1.50 bits per heavy atom. The highest BCUT2D eigenvalue weighted by molar-refractivity contribution is 5.41. The average Bonchev–Trinajstić information content (AvgIpc) is 2.67. The number of hydrogen-bond acceptors (Lipinski definition) is 3. The van der Waals surface area contributed by atoms with Crippen LogP contribution in [-0.2, 0) is 17.8 Å². The van der Waals surface area contributed by atoms with Crippen molar-refractivity contribution in [2.45, 2.75) is 38.9 Å². The molecular weight excluding hydrogens is 204 g/mol. The summed E-state index contributed by atoms with van der Waals surface area (Å²) in [5.74, 6) is 0.363. The predicted octanol–water partition coefficient (Wildman–Crippen LogP) is 1.20.